The average Bonchev–Trinajstić information content (AvgIpc) is 2.73. The predicted molar refractivity (Wildman–Crippen MR) is 69.2 cm³/mol. The molecule has 0 spiro atoms. The molecule has 1 amide bonds. The van der Waals surface area contributed by atoms with Crippen LogP contribution in [0.3, 0.4) is 0 Å². The Morgan fingerprint density at radius 1 is 1.56 bits per heavy atom. The van der Waals surface area contributed by atoms with E-state index in [-0.39, 0.29) is 5.91 Å². The van der Waals surface area contributed by atoms with E-state index in [1.165, 1.54) is 6.20 Å². The minimum absolute atomic E-state index is 0.234. The van der Waals surface area contributed by atoms with Gasteiger partial charge < -0.3 is 11.1 Å². The summed E-state index contributed by atoms with van der Waals surface area (Å²) in [6.45, 7) is 1.99. The molecule has 18 heavy (non-hydrogen) atoms. The smallest absolute Gasteiger partial charge is 0.273 e. The van der Waals surface area contributed by atoms with Gasteiger partial charge in [0.2, 0.25) is 0 Å². The van der Waals surface area contributed by atoms with Crippen LogP contribution in [0.25, 0.3) is 0 Å². The van der Waals surface area contributed by atoms with E-state index in [2.05, 4.69) is 15.4 Å². The van der Waals surface area contributed by atoms with E-state index in [1.54, 1.807) is 30.1 Å². The monoisotopic (exact) mass is 245 g/mol. The van der Waals surface area contributed by atoms with Crippen LogP contribution in [0.5, 0.6) is 0 Å². The molecule has 6 heteroatoms. The second-order valence-electron chi connectivity index (χ2n) is 3.92. The van der Waals surface area contributed by atoms with E-state index in [0.29, 0.717) is 17.1 Å². The number of carbonyl (C=O) groups excluding carboxylic acids is 1. The number of nitrogen functional groups attached to an aromatic ring is 1. The molecule has 0 saturated carbocycles. The van der Waals surface area contributed by atoms with Crippen LogP contribution in [0.4, 0.5) is 11.4 Å². The van der Waals surface area contributed by atoms with Crippen LogP contribution in [0.15, 0.2) is 24.5 Å². The van der Waals surface area contributed by atoms with Gasteiger partial charge in [-0.1, -0.05) is 6.92 Å². The van der Waals surface area contributed by atoms with Crippen molar-refractivity contribution in [2.24, 2.45) is 7.05 Å². The zero-order valence-electron chi connectivity index (χ0n) is 10.3. The summed E-state index contributed by atoms with van der Waals surface area (Å²) in [5.74, 6) is -0.234. The van der Waals surface area contributed by atoms with E-state index in [1.807, 2.05) is 6.92 Å². The maximum Gasteiger partial charge on any atom is 0.273 e. The van der Waals surface area contributed by atoms with E-state index in [4.69, 9.17) is 5.73 Å². The second kappa shape index (κ2) is 4.87. The van der Waals surface area contributed by atoms with Gasteiger partial charge in [0.25, 0.3) is 5.91 Å². The highest BCUT2D eigenvalue weighted by Crippen LogP contribution is 2.16. The Kier molecular flexibility index (Phi) is 3.27. The second-order valence-corrected chi connectivity index (χ2v) is 3.92. The number of nitrogens with two attached hydrogens (primary N) is 1. The minimum atomic E-state index is -0.234. The topological polar surface area (TPSA) is 85.8 Å². The van der Waals surface area contributed by atoms with Crippen LogP contribution in [0.1, 0.15) is 23.1 Å². The molecule has 94 valence electrons. The lowest BCUT2D eigenvalue weighted by atomic mass is 10.3. The largest absolute Gasteiger partial charge is 0.396 e. The van der Waals surface area contributed by atoms with Crippen molar-refractivity contribution in [2.45, 2.75) is 13.3 Å². The fourth-order valence-corrected chi connectivity index (χ4v) is 1.62. The summed E-state index contributed by atoms with van der Waals surface area (Å²) >= 11 is 0. The number of hydrogen-bond acceptors (Lipinski definition) is 4. The summed E-state index contributed by atoms with van der Waals surface area (Å²) in [6, 6.07) is 3.43. The number of amides is 1. The van der Waals surface area contributed by atoms with E-state index >= 15 is 0 Å². The fraction of sp³-hybridized carbons (Fsp3) is 0.250. The fourth-order valence-electron chi connectivity index (χ4n) is 1.62. The molecule has 6 nitrogen and oxygen atoms in total. The normalized spacial score (nSPS) is 10.3. The summed E-state index contributed by atoms with van der Waals surface area (Å²) in [5.41, 5.74) is 8.08. The highest BCUT2D eigenvalue weighted by atomic mass is 16.2. The summed E-state index contributed by atoms with van der Waals surface area (Å²) < 4.78 is 1.56. The van der Waals surface area contributed by atoms with Crippen LogP contribution in [0.2, 0.25) is 0 Å². The number of nitrogens with zero attached hydrogens (tertiary/aromatic N) is 3. The van der Waals surface area contributed by atoms with Crippen LogP contribution in [-0.4, -0.2) is 20.7 Å². The van der Waals surface area contributed by atoms with Crippen molar-refractivity contribution >= 4 is 17.3 Å². The van der Waals surface area contributed by atoms with Crippen LogP contribution in [-0.2, 0) is 13.5 Å². The molecule has 0 aliphatic rings. The molecular formula is C12H15N5O. The number of aromatic nitrogens is 3. The SMILES string of the molecule is CCc1cc(C(=O)Nc2ccncc2N)n(C)n1. The molecule has 2 rings (SSSR count). The standard InChI is InChI=1S/C12H15N5O/c1-3-8-6-11(17(2)16-8)12(18)15-10-4-5-14-7-9(10)13/h4-7H,3,13H2,1-2H3,(H,14,15,18). The van der Waals surface area contributed by atoms with Gasteiger partial charge in [0.15, 0.2) is 0 Å². The van der Waals surface area contributed by atoms with Gasteiger partial charge in [-0.05, 0) is 18.6 Å². The maximum atomic E-state index is 12.1. The van der Waals surface area contributed by atoms with Gasteiger partial charge in [-0.15, -0.1) is 0 Å². The van der Waals surface area contributed by atoms with Crippen LogP contribution in [0, 0.1) is 0 Å². The Balaban J connectivity index is 2.22. The summed E-state index contributed by atoms with van der Waals surface area (Å²) in [4.78, 5) is 15.9. The number of pyridine rings is 1. The van der Waals surface area contributed by atoms with Gasteiger partial charge in [0.1, 0.15) is 5.69 Å². The Labute approximate surface area is 105 Å². The van der Waals surface area contributed by atoms with Gasteiger partial charge in [0, 0.05) is 13.2 Å². The molecule has 0 aliphatic carbocycles. The molecule has 2 heterocycles. The third-order valence-corrected chi connectivity index (χ3v) is 2.63. The van der Waals surface area contributed by atoms with E-state index in [9.17, 15) is 4.79 Å². The summed E-state index contributed by atoms with van der Waals surface area (Å²) in [7, 11) is 1.74. The first-order chi connectivity index (χ1) is 8.61. The lowest BCUT2D eigenvalue weighted by Crippen LogP contribution is -2.16. The molecular weight excluding hydrogens is 230 g/mol. The molecule has 0 bridgehead atoms. The lowest BCUT2D eigenvalue weighted by molar-refractivity contribution is 0.101. The lowest BCUT2D eigenvalue weighted by Gasteiger charge is -2.07. The molecule has 0 aromatic carbocycles. The molecule has 3 N–H and O–H groups in total. The highest BCUT2D eigenvalue weighted by molar-refractivity contribution is 6.04. The minimum Gasteiger partial charge on any atom is -0.396 e. The van der Waals surface area contributed by atoms with Gasteiger partial charge in [-0.3, -0.25) is 14.5 Å². The van der Waals surface area contributed by atoms with E-state index in [0.717, 1.165) is 12.1 Å². The molecule has 0 saturated heterocycles. The molecule has 0 fully saturated rings. The number of anilines is 2. The zero-order valence-corrected chi connectivity index (χ0v) is 10.3. The van der Waals surface area contributed by atoms with Crippen molar-refractivity contribution in [2.75, 3.05) is 11.1 Å². The number of hydrogen-bond donors (Lipinski definition) is 2. The van der Waals surface area contributed by atoms with Crippen molar-refractivity contribution in [3.05, 3.63) is 35.9 Å². The predicted octanol–water partition coefficient (Wildman–Crippen LogP) is 1.21. The van der Waals surface area contributed by atoms with Gasteiger partial charge in [-0.2, -0.15) is 5.10 Å². The Morgan fingerprint density at radius 3 is 2.94 bits per heavy atom. The molecule has 2 aromatic rings. The van der Waals surface area contributed by atoms with Gasteiger partial charge in [0.05, 0.1) is 23.3 Å². The van der Waals surface area contributed by atoms with Crippen molar-refractivity contribution in [1.29, 1.82) is 0 Å². The molecule has 0 radical (unpaired) electrons. The third-order valence-electron chi connectivity index (χ3n) is 2.63. The summed E-state index contributed by atoms with van der Waals surface area (Å²) in [5, 5.41) is 6.97. The van der Waals surface area contributed by atoms with Crippen molar-refractivity contribution < 1.29 is 4.79 Å². The molecule has 2 aromatic heterocycles. The Hall–Kier alpha value is -2.37. The van der Waals surface area contributed by atoms with Crippen molar-refractivity contribution in [3.63, 3.8) is 0 Å². The average molecular weight is 245 g/mol. The number of nitrogens with one attached hydrogen (secondary N) is 1. The highest BCUT2D eigenvalue weighted by Gasteiger charge is 2.13. The molecule has 0 unspecified atom stereocenters. The summed E-state index contributed by atoms with van der Waals surface area (Å²) in [6.07, 6.45) is 3.86. The van der Waals surface area contributed by atoms with E-state index < -0.39 is 0 Å². The van der Waals surface area contributed by atoms with Crippen LogP contribution >= 0.6 is 0 Å². The third kappa shape index (κ3) is 2.32. The Bertz CT molecular complexity index is 576. The first-order valence-electron chi connectivity index (χ1n) is 5.65. The van der Waals surface area contributed by atoms with Crippen molar-refractivity contribution in [3.8, 4) is 0 Å². The quantitative estimate of drug-likeness (QED) is 0.851. The molecule has 0 aliphatic heterocycles. The first kappa shape index (κ1) is 12.1. The number of carbonyl (C=O) groups is 1. The number of rotatable bonds is 3. The number of aryl methyl sites for hydroxylation is 2. The molecule has 0 atom stereocenters. The van der Waals surface area contributed by atoms with Crippen molar-refractivity contribution in [1.82, 2.24) is 14.8 Å². The van der Waals surface area contributed by atoms with Gasteiger partial charge >= 0.3 is 0 Å². The van der Waals surface area contributed by atoms with Crippen LogP contribution < -0.4 is 11.1 Å². The Morgan fingerprint density at radius 2 is 2.33 bits per heavy atom. The maximum absolute atomic E-state index is 12.1. The first-order valence-corrected chi connectivity index (χ1v) is 5.65. The zero-order chi connectivity index (χ0) is 13.1. The van der Waals surface area contributed by atoms with Gasteiger partial charge in [-0.25, -0.2) is 0 Å².